The Bertz CT molecular complexity index is 919. The van der Waals surface area contributed by atoms with E-state index in [1.54, 1.807) is 31.0 Å². The number of carbonyl (C=O) groups excluding carboxylic acids is 2. The van der Waals surface area contributed by atoms with Crippen molar-refractivity contribution in [3.8, 4) is 5.75 Å². The number of carboxylic acids is 1. The number of nitrogens with zero attached hydrogens (tertiary/aromatic N) is 2. The van der Waals surface area contributed by atoms with Gasteiger partial charge in [0.1, 0.15) is 22.8 Å². The summed E-state index contributed by atoms with van der Waals surface area (Å²) in [5.41, 5.74) is 0.718. The van der Waals surface area contributed by atoms with Crippen LogP contribution in [-0.4, -0.2) is 48.5 Å². The second-order valence-electron chi connectivity index (χ2n) is 6.76. The van der Waals surface area contributed by atoms with E-state index in [0.717, 1.165) is 0 Å². The maximum Gasteiger partial charge on any atom is 0.339 e. The van der Waals surface area contributed by atoms with Crippen LogP contribution in [0.3, 0.4) is 0 Å². The third-order valence-corrected chi connectivity index (χ3v) is 4.82. The zero-order valence-corrected chi connectivity index (χ0v) is 16.0. The molecule has 0 spiro atoms. The van der Waals surface area contributed by atoms with Gasteiger partial charge in [0.25, 0.3) is 0 Å². The number of hydrogen-bond donors (Lipinski definition) is 1. The lowest BCUT2D eigenvalue weighted by atomic mass is 10.1. The quantitative estimate of drug-likeness (QED) is 0.818. The molecule has 1 aromatic carbocycles. The number of hydrogen-bond acceptors (Lipinski definition) is 5. The molecule has 0 radical (unpaired) electrons. The number of rotatable bonds is 6. The second-order valence-corrected chi connectivity index (χ2v) is 6.76. The fourth-order valence-electron chi connectivity index (χ4n) is 3.42. The summed E-state index contributed by atoms with van der Waals surface area (Å²) in [7, 11) is 3.14. The molecule has 0 aliphatic carbocycles. The van der Waals surface area contributed by atoms with Crippen LogP contribution in [0.2, 0.25) is 0 Å². The zero-order chi connectivity index (χ0) is 20.4. The molecule has 2 aromatic rings. The Morgan fingerprint density at radius 3 is 2.71 bits per heavy atom. The molecular weight excluding hydrogens is 364 g/mol. The summed E-state index contributed by atoms with van der Waals surface area (Å²) in [6, 6.07) is 8.60. The predicted octanol–water partition coefficient (Wildman–Crippen LogP) is 2.31. The van der Waals surface area contributed by atoms with E-state index in [1.165, 1.54) is 18.1 Å². The number of anilines is 1. The van der Waals surface area contributed by atoms with Gasteiger partial charge in [-0.1, -0.05) is 12.1 Å². The molecule has 1 aromatic heterocycles. The molecule has 0 saturated carbocycles. The van der Waals surface area contributed by atoms with E-state index in [2.05, 4.69) is 0 Å². The molecular formula is C20H22N2O6. The highest BCUT2D eigenvalue weighted by Crippen LogP contribution is 2.33. The van der Waals surface area contributed by atoms with Crippen molar-refractivity contribution in [1.82, 2.24) is 4.90 Å². The lowest BCUT2D eigenvalue weighted by Gasteiger charge is -2.21. The van der Waals surface area contributed by atoms with Gasteiger partial charge < -0.3 is 24.1 Å². The van der Waals surface area contributed by atoms with E-state index in [1.807, 2.05) is 12.1 Å². The molecule has 28 heavy (non-hydrogen) atoms. The average molecular weight is 386 g/mol. The molecule has 1 aliphatic heterocycles. The molecule has 1 atom stereocenters. The third-order valence-electron chi connectivity index (χ3n) is 4.82. The van der Waals surface area contributed by atoms with E-state index in [4.69, 9.17) is 14.3 Å². The number of aryl methyl sites for hydroxylation is 1. The van der Waals surface area contributed by atoms with Crippen LogP contribution >= 0.6 is 0 Å². The number of para-hydroxylation sites is 2. The van der Waals surface area contributed by atoms with Gasteiger partial charge in [0.15, 0.2) is 0 Å². The van der Waals surface area contributed by atoms with Crippen molar-refractivity contribution in [3.05, 3.63) is 47.4 Å². The lowest BCUT2D eigenvalue weighted by molar-refractivity contribution is -0.135. The number of furan rings is 1. The standard InChI is InChI=1S/C20H22N2O6/c1-12-15(20(25)26)9-14(28-12)11-21(2)19(24)13-8-18(23)22(10-13)16-6-4-5-7-17(16)27-3/h4-7,9,13H,8,10-11H2,1-3H3,(H,25,26)/t13-/m0/s1. The van der Waals surface area contributed by atoms with Crippen LogP contribution in [0.15, 0.2) is 34.7 Å². The van der Waals surface area contributed by atoms with E-state index in [0.29, 0.717) is 23.0 Å². The highest BCUT2D eigenvalue weighted by molar-refractivity contribution is 6.01. The van der Waals surface area contributed by atoms with Gasteiger partial charge >= 0.3 is 5.97 Å². The number of benzene rings is 1. The van der Waals surface area contributed by atoms with Crippen molar-refractivity contribution in [3.63, 3.8) is 0 Å². The third kappa shape index (κ3) is 3.71. The van der Waals surface area contributed by atoms with Crippen LogP contribution in [0, 0.1) is 12.8 Å². The molecule has 148 valence electrons. The molecule has 0 bridgehead atoms. The first kappa shape index (κ1) is 19.5. The van der Waals surface area contributed by atoms with Crippen molar-refractivity contribution in [2.75, 3.05) is 25.6 Å². The fourth-order valence-corrected chi connectivity index (χ4v) is 3.42. The van der Waals surface area contributed by atoms with E-state index < -0.39 is 11.9 Å². The highest BCUT2D eigenvalue weighted by atomic mass is 16.5. The molecule has 2 amide bonds. The summed E-state index contributed by atoms with van der Waals surface area (Å²) in [6.45, 7) is 1.96. The zero-order valence-electron chi connectivity index (χ0n) is 16.0. The van der Waals surface area contributed by atoms with E-state index in [9.17, 15) is 14.4 Å². The normalized spacial score (nSPS) is 16.3. The molecule has 2 heterocycles. The minimum Gasteiger partial charge on any atom is -0.495 e. The lowest BCUT2D eigenvalue weighted by Crippen LogP contribution is -2.34. The minimum absolute atomic E-state index is 0.0780. The number of aromatic carboxylic acids is 1. The Balaban J connectivity index is 1.70. The van der Waals surface area contributed by atoms with Gasteiger partial charge in [-0.2, -0.15) is 0 Å². The first-order valence-corrected chi connectivity index (χ1v) is 8.82. The Hall–Kier alpha value is -3.29. The Morgan fingerprint density at radius 1 is 1.36 bits per heavy atom. The van der Waals surface area contributed by atoms with E-state index in [-0.39, 0.29) is 36.9 Å². The second kappa shape index (κ2) is 7.75. The molecule has 3 rings (SSSR count). The fraction of sp³-hybridized carbons (Fsp3) is 0.350. The first-order valence-electron chi connectivity index (χ1n) is 8.82. The van der Waals surface area contributed by atoms with Gasteiger partial charge in [0, 0.05) is 20.0 Å². The summed E-state index contributed by atoms with van der Waals surface area (Å²) < 4.78 is 10.7. The molecule has 1 saturated heterocycles. The van der Waals surface area contributed by atoms with Crippen LogP contribution < -0.4 is 9.64 Å². The summed E-state index contributed by atoms with van der Waals surface area (Å²) in [5.74, 6) is -0.648. The van der Waals surface area contributed by atoms with Crippen LogP contribution in [0.5, 0.6) is 5.75 Å². The number of methoxy groups -OCH3 is 1. The van der Waals surface area contributed by atoms with E-state index >= 15 is 0 Å². The number of ether oxygens (including phenoxy) is 1. The topological polar surface area (TPSA) is 100 Å². The summed E-state index contributed by atoms with van der Waals surface area (Å²) in [4.78, 5) is 39.4. The Morgan fingerprint density at radius 2 is 2.07 bits per heavy atom. The number of carbonyl (C=O) groups is 3. The molecule has 1 aliphatic rings. The highest BCUT2D eigenvalue weighted by Gasteiger charge is 2.37. The predicted molar refractivity (Wildman–Crippen MR) is 100 cm³/mol. The van der Waals surface area contributed by atoms with Crippen LogP contribution in [0.1, 0.15) is 28.3 Å². The minimum atomic E-state index is -1.07. The van der Waals surface area contributed by atoms with Crippen molar-refractivity contribution >= 4 is 23.5 Å². The van der Waals surface area contributed by atoms with Crippen molar-refractivity contribution in [2.45, 2.75) is 19.9 Å². The largest absolute Gasteiger partial charge is 0.495 e. The first-order chi connectivity index (χ1) is 13.3. The molecule has 8 nitrogen and oxygen atoms in total. The molecule has 0 unspecified atom stereocenters. The van der Waals surface area contributed by atoms with Crippen molar-refractivity contribution in [1.29, 1.82) is 0 Å². The molecule has 1 N–H and O–H groups in total. The summed E-state index contributed by atoms with van der Waals surface area (Å²) >= 11 is 0. The number of amides is 2. The van der Waals surface area contributed by atoms with Crippen LogP contribution in [-0.2, 0) is 16.1 Å². The van der Waals surface area contributed by atoms with Gasteiger partial charge in [0.05, 0.1) is 25.3 Å². The summed E-state index contributed by atoms with van der Waals surface area (Å²) in [6.07, 6.45) is 0.110. The SMILES string of the molecule is COc1ccccc1N1C[C@@H](C(=O)N(C)Cc2cc(C(=O)O)c(C)o2)CC1=O. The van der Waals surface area contributed by atoms with Gasteiger partial charge in [-0.15, -0.1) is 0 Å². The van der Waals surface area contributed by atoms with Gasteiger partial charge in [-0.25, -0.2) is 4.79 Å². The van der Waals surface area contributed by atoms with Gasteiger partial charge in [-0.05, 0) is 25.1 Å². The maximum atomic E-state index is 12.8. The molecule has 8 heteroatoms. The molecule has 1 fully saturated rings. The van der Waals surface area contributed by atoms with Crippen LogP contribution in [0.25, 0.3) is 0 Å². The Labute approximate surface area is 162 Å². The van der Waals surface area contributed by atoms with Gasteiger partial charge in [-0.3, -0.25) is 9.59 Å². The maximum absolute atomic E-state index is 12.8. The van der Waals surface area contributed by atoms with Crippen molar-refractivity contribution in [2.24, 2.45) is 5.92 Å². The van der Waals surface area contributed by atoms with Crippen LogP contribution in [0.4, 0.5) is 5.69 Å². The smallest absolute Gasteiger partial charge is 0.339 e. The average Bonchev–Trinajstić information content (AvgIpc) is 3.23. The van der Waals surface area contributed by atoms with Gasteiger partial charge in [0.2, 0.25) is 11.8 Å². The monoisotopic (exact) mass is 386 g/mol. The summed E-state index contributed by atoms with van der Waals surface area (Å²) in [5, 5.41) is 9.11. The van der Waals surface area contributed by atoms with Crippen molar-refractivity contribution < 1.29 is 28.6 Å². The number of carboxylic acid groups (broad SMARTS) is 1. The Kier molecular flexibility index (Phi) is 5.39.